The molecule has 0 saturated heterocycles. The predicted octanol–water partition coefficient (Wildman–Crippen LogP) is 2.23. The first-order chi connectivity index (χ1) is 6.36. The largest absolute Gasteiger partial charge is 0.498 e. The minimum absolute atomic E-state index is 0.277. The minimum Gasteiger partial charge on any atom is -0.498 e. The molecule has 0 aromatic heterocycles. The van der Waals surface area contributed by atoms with Crippen LogP contribution in [0, 0.1) is 5.92 Å². The fourth-order valence-electron chi connectivity index (χ4n) is 2.42. The molecule has 0 aromatic rings. The van der Waals surface area contributed by atoms with Crippen LogP contribution in [0.3, 0.4) is 0 Å². The Morgan fingerprint density at radius 3 is 2.62 bits per heavy atom. The van der Waals surface area contributed by atoms with Crippen LogP contribution in [0.25, 0.3) is 0 Å². The van der Waals surface area contributed by atoms with Crippen molar-refractivity contribution in [2.45, 2.75) is 50.7 Å². The summed E-state index contributed by atoms with van der Waals surface area (Å²) in [6.45, 7) is 0. The Morgan fingerprint density at radius 1 is 1.15 bits per heavy atom. The third-order valence-electron chi connectivity index (χ3n) is 3.20. The molecule has 2 heteroatoms. The summed E-state index contributed by atoms with van der Waals surface area (Å²) in [5.41, 5.74) is 0. The van der Waals surface area contributed by atoms with Gasteiger partial charge in [0, 0.05) is 6.42 Å². The van der Waals surface area contributed by atoms with E-state index in [-0.39, 0.29) is 12.2 Å². The number of hydrogen-bond donors (Lipinski definition) is 1. The van der Waals surface area contributed by atoms with E-state index in [0.717, 1.165) is 6.42 Å². The summed E-state index contributed by atoms with van der Waals surface area (Å²) in [5, 5.41) is 9.44. The van der Waals surface area contributed by atoms with E-state index >= 15 is 0 Å². The van der Waals surface area contributed by atoms with E-state index in [1.807, 2.05) is 0 Å². The van der Waals surface area contributed by atoms with E-state index in [0.29, 0.717) is 5.92 Å². The zero-order valence-corrected chi connectivity index (χ0v) is 7.98. The average molecular weight is 182 g/mol. The topological polar surface area (TPSA) is 29.5 Å². The molecular weight excluding hydrogens is 164 g/mol. The summed E-state index contributed by atoms with van der Waals surface area (Å²) in [4.78, 5) is 0. The van der Waals surface area contributed by atoms with Crippen LogP contribution in [-0.2, 0) is 4.74 Å². The number of aliphatic hydroxyl groups is 1. The molecule has 1 N–H and O–H groups in total. The second-order valence-corrected chi connectivity index (χ2v) is 4.20. The molecule has 0 aromatic carbocycles. The molecule has 1 saturated carbocycles. The molecule has 2 aliphatic rings. The van der Waals surface area contributed by atoms with Crippen LogP contribution in [0.4, 0.5) is 0 Å². The van der Waals surface area contributed by atoms with Crippen LogP contribution in [0.1, 0.15) is 38.5 Å². The van der Waals surface area contributed by atoms with Crippen molar-refractivity contribution < 1.29 is 9.84 Å². The SMILES string of the molecule is OC1C=CO[C@H](C2CCCCC2)C1. The van der Waals surface area contributed by atoms with Gasteiger partial charge in [-0.25, -0.2) is 0 Å². The number of aliphatic hydroxyl groups excluding tert-OH is 1. The molecule has 0 bridgehead atoms. The van der Waals surface area contributed by atoms with Crippen LogP contribution in [0.2, 0.25) is 0 Å². The Labute approximate surface area is 79.6 Å². The molecular formula is C11H18O2. The lowest BCUT2D eigenvalue weighted by Crippen LogP contribution is -2.30. The van der Waals surface area contributed by atoms with Gasteiger partial charge in [-0.05, 0) is 24.8 Å². The molecule has 1 heterocycles. The Hall–Kier alpha value is -0.500. The summed E-state index contributed by atoms with van der Waals surface area (Å²) in [6.07, 6.45) is 10.8. The molecule has 0 amide bonds. The van der Waals surface area contributed by atoms with E-state index in [2.05, 4.69) is 0 Å². The summed E-state index contributed by atoms with van der Waals surface area (Å²) < 4.78 is 5.55. The van der Waals surface area contributed by atoms with Crippen molar-refractivity contribution in [2.24, 2.45) is 5.92 Å². The second kappa shape index (κ2) is 4.14. The van der Waals surface area contributed by atoms with E-state index in [1.165, 1.54) is 32.1 Å². The van der Waals surface area contributed by atoms with Crippen molar-refractivity contribution >= 4 is 0 Å². The highest BCUT2D eigenvalue weighted by Crippen LogP contribution is 2.31. The molecule has 1 fully saturated rings. The van der Waals surface area contributed by atoms with Gasteiger partial charge in [0.15, 0.2) is 0 Å². The van der Waals surface area contributed by atoms with Gasteiger partial charge >= 0.3 is 0 Å². The molecule has 2 rings (SSSR count). The molecule has 2 nitrogen and oxygen atoms in total. The van der Waals surface area contributed by atoms with Crippen LogP contribution in [-0.4, -0.2) is 17.3 Å². The lowest BCUT2D eigenvalue weighted by Gasteiger charge is -2.32. The maximum Gasteiger partial charge on any atom is 0.103 e. The first-order valence-electron chi connectivity index (χ1n) is 5.36. The zero-order chi connectivity index (χ0) is 9.10. The van der Waals surface area contributed by atoms with Crippen LogP contribution in [0.15, 0.2) is 12.3 Å². The van der Waals surface area contributed by atoms with Crippen molar-refractivity contribution in [3.63, 3.8) is 0 Å². The molecule has 1 unspecified atom stereocenters. The van der Waals surface area contributed by atoms with Crippen molar-refractivity contribution in [2.75, 3.05) is 0 Å². The van der Waals surface area contributed by atoms with Gasteiger partial charge in [0.1, 0.15) is 6.10 Å². The van der Waals surface area contributed by atoms with Gasteiger partial charge in [0.25, 0.3) is 0 Å². The van der Waals surface area contributed by atoms with Gasteiger partial charge in [-0.3, -0.25) is 0 Å². The van der Waals surface area contributed by atoms with Crippen molar-refractivity contribution in [3.05, 3.63) is 12.3 Å². The van der Waals surface area contributed by atoms with Gasteiger partial charge in [-0.15, -0.1) is 0 Å². The third kappa shape index (κ3) is 2.25. The predicted molar refractivity (Wildman–Crippen MR) is 51.2 cm³/mol. The van der Waals surface area contributed by atoms with Gasteiger partial charge in [0.2, 0.25) is 0 Å². The Bertz CT molecular complexity index is 183. The molecule has 74 valence electrons. The first-order valence-corrected chi connectivity index (χ1v) is 5.36. The van der Waals surface area contributed by atoms with Gasteiger partial charge in [-0.1, -0.05) is 19.3 Å². The van der Waals surface area contributed by atoms with E-state index < -0.39 is 0 Å². The summed E-state index contributed by atoms with van der Waals surface area (Å²) in [5.74, 6) is 0.688. The van der Waals surface area contributed by atoms with Gasteiger partial charge < -0.3 is 9.84 Å². The highest BCUT2D eigenvalue weighted by molar-refractivity contribution is 4.92. The summed E-state index contributed by atoms with van der Waals surface area (Å²) in [6, 6.07) is 0. The van der Waals surface area contributed by atoms with E-state index in [4.69, 9.17) is 4.74 Å². The van der Waals surface area contributed by atoms with Crippen LogP contribution in [0.5, 0.6) is 0 Å². The van der Waals surface area contributed by atoms with Crippen molar-refractivity contribution in [1.29, 1.82) is 0 Å². The normalized spacial score (nSPS) is 35.8. The number of rotatable bonds is 1. The van der Waals surface area contributed by atoms with E-state index in [1.54, 1.807) is 12.3 Å². The standard InChI is InChI=1S/C11H18O2/c12-10-6-7-13-11(8-10)9-4-2-1-3-5-9/h6-7,9-12H,1-5,8H2/t10?,11-/m0/s1. The Kier molecular flexibility index (Phi) is 2.89. The lowest BCUT2D eigenvalue weighted by molar-refractivity contribution is 0.0139. The highest BCUT2D eigenvalue weighted by atomic mass is 16.5. The first kappa shape index (κ1) is 9.07. The minimum atomic E-state index is -0.277. The van der Waals surface area contributed by atoms with Gasteiger partial charge in [-0.2, -0.15) is 0 Å². The van der Waals surface area contributed by atoms with Crippen LogP contribution < -0.4 is 0 Å². The van der Waals surface area contributed by atoms with E-state index in [9.17, 15) is 5.11 Å². The lowest BCUT2D eigenvalue weighted by atomic mass is 9.83. The monoisotopic (exact) mass is 182 g/mol. The van der Waals surface area contributed by atoms with Crippen molar-refractivity contribution in [3.8, 4) is 0 Å². The Balaban J connectivity index is 1.88. The fraction of sp³-hybridized carbons (Fsp3) is 0.818. The van der Waals surface area contributed by atoms with Crippen molar-refractivity contribution in [1.82, 2.24) is 0 Å². The third-order valence-corrected chi connectivity index (χ3v) is 3.20. The fourth-order valence-corrected chi connectivity index (χ4v) is 2.42. The molecule has 1 aliphatic carbocycles. The summed E-state index contributed by atoms with van der Waals surface area (Å²) >= 11 is 0. The number of hydrogen-bond acceptors (Lipinski definition) is 2. The van der Waals surface area contributed by atoms with Gasteiger partial charge in [0.05, 0.1) is 12.4 Å². The van der Waals surface area contributed by atoms with Crippen LogP contribution >= 0.6 is 0 Å². The smallest absolute Gasteiger partial charge is 0.103 e. The average Bonchev–Trinajstić information content (AvgIpc) is 2.19. The summed E-state index contributed by atoms with van der Waals surface area (Å²) in [7, 11) is 0. The molecule has 1 aliphatic heterocycles. The molecule has 0 radical (unpaired) electrons. The molecule has 13 heavy (non-hydrogen) atoms. The quantitative estimate of drug-likeness (QED) is 0.674. The maximum atomic E-state index is 9.44. The Morgan fingerprint density at radius 2 is 1.92 bits per heavy atom. The molecule has 0 spiro atoms. The number of ether oxygens (including phenoxy) is 1. The highest BCUT2D eigenvalue weighted by Gasteiger charge is 2.27. The zero-order valence-electron chi connectivity index (χ0n) is 7.98. The maximum absolute atomic E-state index is 9.44. The second-order valence-electron chi connectivity index (χ2n) is 4.20. The molecule has 2 atom stereocenters.